The van der Waals surface area contributed by atoms with Gasteiger partial charge in [-0.05, 0) is 37.3 Å². The van der Waals surface area contributed by atoms with Crippen molar-refractivity contribution in [3.05, 3.63) is 59.7 Å². The van der Waals surface area contributed by atoms with Crippen molar-refractivity contribution in [1.82, 2.24) is 0 Å². The maximum atomic E-state index is 12.2. The molecule has 6 heteroatoms. The Kier molecular flexibility index (Phi) is 6.33. The van der Waals surface area contributed by atoms with Gasteiger partial charge in [0.05, 0.1) is 6.61 Å². The molecule has 0 atom stereocenters. The fraction of sp³-hybridized carbons (Fsp3) is 0.222. The van der Waals surface area contributed by atoms with E-state index in [1.54, 1.807) is 36.4 Å². The maximum Gasteiger partial charge on any atom is 0.411 e. The Morgan fingerprint density at radius 3 is 2.29 bits per heavy atom. The van der Waals surface area contributed by atoms with Crippen LogP contribution < -0.4 is 10.6 Å². The van der Waals surface area contributed by atoms with E-state index in [1.165, 1.54) is 7.11 Å². The maximum absolute atomic E-state index is 12.2. The van der Waals surface area contributed by atoms with Gasteiger partial charge in [-0.2, -0.15) is 0 Å². The molecule has 0 heterocycles. The molecule has 0 aliphatic rings. The van der Waals surface area contributed by atoms with Gasteiger partial charge in [-0.15, -0.1) is 0 Å². The molecule has 0 aliphatic heterocycles. The monoisotopic (exact) mass is 328 g/mol. The second-order valence-corrected chi connectivity index (χ2v) is 5.15. The Balaban J connectivity index is 1.95. The lowest BCUT2D eigenvalue weighted by Gasteiger charge is -2.09. The van der Waals surface area contributed by atoms with Crippen LogP contribution in [0.5, 0.6) is 0 Å². The molecule has 0 unspecified atom stereocenters. The number of carbonyl (C=O) groups is 2. The zero-order valence-corrected chi connectivity index (χ0v) is 13.7. The molecule has 0 saturated carbocycles. The van der Waals surface area contributed by atoms with E-state index in [1.807, 2.05) is 19.1 Å². The lowest BCUT2D eigenvalue weighted by molar-refractivity contribution is 0.102. The van der Waals surface area contributed by atoms with Crippen LogP contribution in [0.2, 0.25) is 0 Å². The van der Waals surface area contributed by atoms with Gasteiger partial charge in [-0.25, -0.2) is 4.79 Å². The summed E-state index contributed by atoms with van der Waals surface area (Å²) in [6.07, 6.45) is -0.575. The fourth-order valence-electron chi connectivity index (χ4n) is 1.95. The van der Waals surface area contributed by atoms with Crippen LogP contribution in [0.15, 0.2) is 48.5 Å². The van der Waals surface area contributed by atoms with Gasteiger partial charge in [0.1, 0.15) is 6.61 Å². The van der Waals surface area contributed by atoms with Crippen molar-refractivity contribution in [3.8, 4) is 0 Å². The van der Waals surface area contributed by atoms with E-state index in [4.69, 9.17) is 9.47 Å². The first-order valence-corrected chi connectivity index (χ1v) is 7.49. The lowest BCUT2D eigenvalue weighted by Crippen LogP contribution is -2.17. The van der Waals surface area contributed by atoms with Crippen molar-refractivity contribution < 1.29 is 19.1 Å². The average molecular weight is 328 g/mol. The Bertz CT molecular complexity index is 698. The summed E-state index contributed by atoms with van der Waals surface area (Å²) in [6.45, 7) is 2.47. The van der Waals surface area contributed by atoms with Gasteiger partial charge in [-0.1, -0.05) is 23.8 Å². The summed E-state index contributed by atoms with van der Waals surface area (Å²) < 4.78 is 9.73. The minimum atomic E-state index is -0.575. The summed E-state index contributed by atoms with van der Waals surface area (Å²) in [6, 6.07) is 14.1. The van der Waals surface area contributed by atoms with E-state index >= 15 is 0 Å². The van der Waals surface area contributed by atoms with E-state index < -0.39 is 6.09 Å². The Labute approximate surface area is 140 Å². The number of methoxy groups -OCH3 is 1. The van der Waals surface area contributed by atoms with Crippen molar-refractivity contribution in [2.75, 3.05) is 31.0 Å². The fourth-order valence-corrected chi connectivity index (χ4v) is 1.95. The second kappa shape index (κ2) is 8.69. The molecule has 126 valence electrons. The Morgan fingerprint density at radius 1 is 0.958 bits per heavy atom. The summed E-state index contributed by atoms with van der Waals surface area (Å²) in [5.74, 6) is -0.213. The highest BCUT2D eigenvalue weighted by molar-refractivity contribution is 6.04. The highest BCUT2D eigenvalue weighted by Gasteiger charge is 2.07. The molecule has 0 spiro atoms. The van der Waals surface area contributed by atoms with E-state index in [-0.39, 0.29) is 12.5 Å². The molecular weight excluding hydrogens is 308 g/mol. The Hall–Kier alpha value is -2.86. The summed E-state index contributed by atoms with van der Waals surface area (Å²) >= 11 is 0. The van der Waals surface area contributed by atoms with Gasteiger partial charge in [0.2, 0.25) is 0 Å². The van der Waals surface area contributed by atoms with Crippen LogP contribution >= 0.6 is 0 Å². The van der Waals surface area contributed by atoms with Gasteiger partial charge < -0.3 is 14.8 Å². The first kappa shape index (κ1) is 17.5. The zero-order chi connectivity index (χ0) is 17.4. The van der Waals surface area contributed by atoms with Crippen molar-refractivity contribution in [2.45, 2.75) is 6.92 Å². The quantitative estimate of drug-likeness (QED) is 0.796. The van der Waals surface area contributed by atoms with E-state index in [9.17, 15) is 9.59 Å². The predicted molar refractivity (Wildman–Crippen MR) is 92.4 cm³/mol. The van der Waals surface area contributed by atoms with Crippen molar-refractivity contribution >= 4 is 23.4 Å². The third kappa shape index (κ3) is 5.40. The lowest BCUT2D eigenvalue weighted by atomic mass is 10.1. The summed E-state index contributed by atoms with van der Waals surface area (Å²) in [5.41, 5.74) is 2.76. The van der Waals surface area contributed by atoms with Crippen LogP contribution in [0.3, 0.4) is 0 Å². The molecule has 6 nitrogen and oxygen atoms in total. The van der Waals surface area contributed by atoms with Crippen LogP contribution in [-0.4, -0.2) is 32.3 Å². The second-order valence-electron chi connectivity index (χ2n) is 5.15. The number of rotatable bonds is 6. The van der Waals surface area contributed by atoms with Crippen LogP contribution in [0.25, 0.3) is 0 Å². The normalized spacial score (nSPS) is 10.1. The van der Waals surface area contributed by atoms with E-state index in [0.717, 1.165) is 5.56 Å². The highest BCUT2D eigenvalue weighted by atomic mass is 16.6. The number of amides is 2. The number of ether oxygens (including phenoxy) is 2. The molecular formula is C18H20N2O4. The van der Waals surface area contributed by atoms with Gasteiger partial charge in [0, 0.05) is 24.0 Å². The summed E-state index contributed by atoms with van der Waals surface area (Å²) in [4.78, 5) is 23.8. The number of hydrogen-bond donors (Lipinski definition) is 2. The molecule has 0 fully saturated rings. The molecule has 2 aromatic carbocycles. The number of benzene rings is 2. The third-order valence-corrected chi connectivity index (χ3v) is 3.20. The van der Waals surface area contributed by atoms with Crippen molar-refractivity contribution in [2.24, 2.45) is 0 Å². The van der Waals surface area contributed by atoms with Crippen LogP contribution in [0.1, 0.15) is 15.9 Å². The molecule has 0 aliphatic carbocycles. The van der Waals surface area contributed by atoms with Gasteiger partial charge >= 0.3 is 6.09 Å². The minimum Gasteiger partial charge on any atom is -0.447 e. The van der Waals surface area contributed by atoms with Crippen LogP contribution in [0.4, 0.5) is 16.2 Å². The molecule has 24 heavy (non-hydrogen) atoms. The number of nitrogens with one attached hydrogen (secondary N) is 2. The molecule has 2 rings (SSSR count). The average Bonchev–Trinajstić information content (AvgIpc) is 2.56. The molecule has 2 amide bonds. The van der Waals surface area contributed by atoms with Gasteiger partial charge in [0.25, 0.3) is 5.91 Å². The van der Waals surface area contributed by atoms with Crippen LogP contribution in [-0.2, 0) is 9.47 Å². The van der Waals surface area contributed by atoms with Crippen LogP contribution in [0, 0.1) is 6.92 Å². The molecule has 0 bridgehead atoms. The Morgan fingerprint density at radius 2 is 1.62 bits per heavy atom. The zero-order valence-electron chi connectivity index (χ0n) is 13.7. The standard InChI is InChI=1S/C18H20N2O4/c1-13-6-8-14(9-7-13)17(21)19-15-4-3-5-16(12-15)20-18(22)24-11-10-23-2/h3-9,12H,10-11H2,1-2H3,(H,19,21)(H,20,22). The first-order valence-electron chi connectivity index (χ1n) is 7.49. The predicted octanol–water partition coefficient (Wildman–Crippen LogP) is 3.44. The largest absolute Gasteiger partial charge is 0.447 e. The van der Waals surface area contributed by atoms with E-state index in [2.05, 4.69) is 10.6 Å². The first-order chi connectivity index (χ1) is 11.6. The third-order valence-electron chi connectivity index (χ3n) is 3.20. The topological polar surface area (TPSA) is 76.7 Å². The number of anilines is 2. The highest BCUT2D eigenvalue weighted by Crippen LogP contribution is 2.16. The van der Waals surface area contributed by atoms with Crippen molar-refractivity contribution in [3.63, 3.8) is 0 Å². The molecule has 0 aromatic heterocycles. The molecule has 2 N–H and O–H groups in total. The minimum absolute atomic E-state index is 0.173. The summed E-state index contributed by atoms with van der Waals surface area (Å²) in [7, 11) is 1.53. The SMILES string of the molecule is COCCOC(=O)Nc1cccc(NC(=O)c2ccc(C)cc2)c1. The van der Waals surface area contributed by atoms with E-state index in [0.29, 0.717) is 23.5 Å². The summed E-state index contributed by atoms with van der Waals surface area (Å²) in [5, 5.41) is 5.39. The molecule has 2 aromatic rings. The smallest absolute Gasteiger partial charge is 0.411 e. The van der Waals surface area contributed by atoms with Crippen molar-refractivity contribution in [1.29, 1.82) is 0 Å². The molecule has 0 saturated heterocycles. The van der Waals surface area contributed by atoms with Gasteiger partial charge in [-0.3, -0.25) is 10.1 Å². The number of carbonyl (C=O) groups excluding carboxylic acids is 2. The molecule has 0 radical (unpaired) electrons. The number of hydrogen-bond acceptors (Lipinski definition) is 4. The van der Waals surface area contributed by atoms with Gasteiger partial charge in [0.15, 0.2) is 0 Å². The number of aryl methyl sites for hydroxylation is 1.